The van der Waals surface area contributed by atoms with E-state index in [1.807, 2.05) is 27.8 Å². The zero-order valence-electron chi connectivity index (χ0n) is 12.4. The zero-order valence-corrected chi connectivity index (χ0v) is 12.4. The molecule has 0 spiro atoms. The van der Waals surface area contributed by atoms with Crippen LogP contribution in [0.3, 0.4) is 0 Å². The van der Waals surface area contributed by atoms with Gasteiger partial charge in [0.15, 0.2) is 0 Å². The Bertz CT molecular complexity index is 260. The number of piperidine rings is 1. The van der Waals surface area contributed by atoms with Crippen LogP contribution in [-0.2, 0) is 4.79 Å². The van der Waals surface area contributed by atoms with E-state index in [1.54, 1.807) is 0 Å². The van der Waals surface area contributed by atoms with Gasteiger partial charge < -0.3 is 10.6 Å². The average Bonchev–Trinajstić information content (AvgIpc) is 2.25. The van der Waals surface area contributed by atoms with Gasteiger partial charge in [-0.1, -0.05) is 6.42 Å². The molecular weight excluding hydrogens is 226 g/mol. The maximum Gasteiger partial charge on any atom is 0.234 e. The molecule has 2 N–H and O–H groups in total. The molecule has 1 amide bonds. The van der Waals surface area contributed by atoms with Crippen molar-refractivity contribution in [3.63, 3.8) is 0 Å². The zero-order chi connectivity index (χ0) is 13.6. The monoisotopic (exact) mass is 255 g/mol. The third-order valence-corrected chi connectivity index (χ3v) is 3.34. The molecule has 1 unspecified atom stereocenters. The minimum atomic E-state index is -0.132. The van der Waals surface area contributed by atoms with Crippen LogP contribution in [0, 0.1) is 0 Å². The summed E-state index contributed by atoms with van der Waals surface area (Å²) in [6.07, 6.45) is 4.88. The Balaban J connectivity index is 2.43. The number of nitrogens with zero attached hydrogens (tertiary/aromatic N) is 1. The van der Waals surface area contributed by atoms with Crippen molar-refractivity contribution in [3.05, 3.63) is 0 Å². The van der Waals surface area contributed by atoms with Crippen LogP contribution in [0.25, 0.3) is 0 Å². The molecule has 106 valence electrons. The van der Waals surface area contributed by atoms with E-state index in [0.717, 1.165) is 19.5 Å². The van der Waals surface area contributed by atoms with E-state index in [1.165, 1.54) is 19.3 Å². The Morgan fingerprint density at radius 1 is 1.33 bits per heavy atom. The fourth-order valence-corrected chi connectivity index (χ4v) is 2.55. The van der Waals surface area contributed by atoms with Crippen LogP contribution < -0.4 is 10.6 Å². The molecule has 0 aliphatic carbocycles. The third kappa shape index (κ3) is 5.83. The highest BCUT2D eigenvalue weighted by Gasteiger charge is 2.24. The summed E-state index contributed by atoms with van der Waals surface area (Å²) in [5.41, 5.74) is -0.132. The fraction of sp³-hybridized carbons (Fsp3) is 0.929. The van der Waals surface area contributed by atoms with Crippen molar-refractivity contribution in [1.82, 2.24) is 15.5 Å². The second kappa shape index (κ2) is 7.10. The van der Waals surface area contributed by atoms with Gasteiger partial charge in [0.05, 0.1) is 6.54 Å². The first kappa shape index (κ1) is 15.4. The van der Waals surface area contributed by atoms with Crippen LogP contribution in [0.5, 0.6) is 0 Å². The molecule has 0 radical (unpaired) electrons. The normalized spacial score (nSPS) is 21.9. The summed E-state index contributed by atoms with van der Waals surface area (Å²) in [7, 11) is 1.99. The Morgan fingerprint density at radius 2 is 2.06 bits per heavy atom. The van der Waals surface area contributed by atoms with Crippen molar-refractivity contribution in [1.29, 1.82) is 0 Å². The van der Waals surface area contributed by atoms with Gasteiger partial charge >= 0.3 is 0 Å². The lowest BCUT2D eigenvalue weighted by Gasteiger charge is -2.36. The Morgan fingerprint density at radius 3 is 2.67 bits per heavy atom. The predicted molar refractivity (Wildman–Crippen MR) is 75.7 cm³/mol. The summed E-state index contributed by atoms with van der Waals surface area (Å²) in [6.45, 7) is 8.72. The fourth-order valence-electron chi connectivity index (χ4n) is 2.55. The molecule has 18 heavy (non-hydrogen) atoms. The van der Waals surface area contributed by atoms with Gasteiger partial charge in [0.2, 0.25) is 5.91 Å². The van der Waals surface area contributed by atoms with E-state index in [4.69, 9.17) is 0 Å². The molecular formula is C14H29N3O. The Hall–Kier alpha value is -0.610. The van der Waals surface area contributed by atoms with Crippen LogP contribution in [-0.4, -0.2) is 49.1 Å². The summed E-state index contributed by atoms with van der Waals surface area (Å²) in [5, 5.41) is 6.25. The van der Waals surface area contributed by atoms with Crippen molar-refractivity contribution in [2.45, 2.75) is 58.0 Å². The molecule has 0 saturated carbocycles. The summed E-state index contributed by atoms with van der Waals surface area (Å²) in [4.78, 5) is 14.3. The number of amides is 1. The molecule has 0 bridgehead atoms. The topological polar surface area (TPSA) is 44.4 Å². The van der Waals surface area contributed by atoms with Crippen LogP contribution in [0.15, 0.2) is 0 Å². The largest absolute Gasteiger partial charge is 0.350 e. The molecule has 0 aromatic rings. The SMILES string of the molecule is CNCCC1CCCCN1CC(=O)NC(C)(C)C. The number of hydrogen-bond donors (Lipinski definition) is 2. The van der Waals surface area contributed by atoms with Gasteiger partial charge in [-0.3, -0.25) is 9.69 Å². The second-order valence-electron chi connectivity index (χ2n) is 6.31. The second-order valence-corrected chi connectivity index (χ2v) is 6.31. The number of nitrogens with one attached hydrogen (secondary N) is 2. The molecule has 1 aliphatic rings. The molecule has 4 nitrogen and oxygen atoms in total. The Labute approximate surface area is 111 Å². The van der Waals surface area contributed by atoms with Gasteiger partial charge in [-0.2, -0.15) is 0 Å². The predicted octanol–water partition coefficient (Wildman–Crippen LogP) is 1.37. The first-order valence-corrected chi connectivity index (χ1v) is 7.12. The lowest BCUT2D eigenvalue weighted by molar-refractivity contribution is -0.124. The molecule has 1 saturated heterocycles. The van der Waals surface area contributed by atoms with Crippen LogP contribution >= 0.6 is 0 Å². The van der Waals surface area contributed by atoms with Gasteiger partial charge in [-0.25, -0.2) is 0 Å². The van der Waals surface area contributed by atoms with Crippen LogP contribution in [0.4, 0.5) is 0 Å². The molecule has 0 aromatic carbocycles. The smallest absolute Gasteiger partial charge is 0.234 e. The number of likely N-dealkylation sites (tertiary alicyclic amines) is 1. The molecule has 1 heterocycles. The van der Waals surface area contributed by atoms with E-state index < -0.39 is 0 Å². The van der Waals surface area contributed by atoms with Crippen molar-refractivity contribution < 1.29 is 4.79 Å². The lowest BCUT2D eigenvalue weighted by Crippen LogP contribution is -2.50. The molecule has 1 rings (SSSR count). The number of hydrogen-bond acceptors (Lipinski definition) is 3. The quantitative estimate of drug-likeness (QED) is 0.780. The number of rotatable bonds is 5. The van der Waals surface area contributed by atoms with Gasteiger partial charge in [-0.15, -0.1) is 0 Å². The molecule has 1 atom stereocenters. The van der Waals surface area contributed by atoms with Crippen LogP contribution in [0.2, 0.25) is 0 Å². The van der Waals surface area contributed by atoms with E-state index in [0.29, 0.717) is 12.6 Å². The third-order valence-electron chi connectivity index (χ3n) is 3.34. The molecule has 1 aliphatic heterocycles. The molecule has 0 aromatic heterocycles. The highest BCUT2D eigenvalue weighted by molar-refractivity contribution is 5.78. The standard InChI is InChI=1S/C14H29N3O/c1-14(2,3)16-13(18)11-17-10-6-5-7-12(17)8-9-15-4/h12,15H,5-11H2,1-4H3,(H,16,18). The number of carbonyl (C=O) groups is 1. The minimum Gasteiger partial charge on any atom is -0.350 e. The summed E-state index contributed by atoms with van der Waals surface area (Å²) in [5.74, 6) is 0.152. The minimum absolute atomic E-state index is 0.132. The van der Waals surface area contributed by atoms with E-state index in [2.05, 4.69) is 15.5 Å². The number of carbonyl (C=O) groups excluding carboxylic acids is 1. The van der Waals surface area contributed by atoms with Crippen molar-refractivity contribution in [2.75, 3.05) is 26.7 Å². The van der Waals surface area contributed by atoms with Gasteiger partial charge in [0.25, 0.3) is 0 Å². The van der Waals surface area contributed by atoms with E-state index >= 15 is 0 Å². The van der Waals surface area contributed by atoms with Crippen molar-refractivity contribution in [2.24, 2.45) is 0 Å². The van der Waals surface area contributed by atoms with Crippen molar-refractivity contribution in [3.8, 4) is 0 Å². The summed E-state index contributed by atoms with van der Waals surface area (Å²) >= 11 is 0. The average molecular weight is 255 g/mol. The summed E-state index contributed by atoms with van der Waals surface area (Å²) < 4.78 is 0. The molecule has 1 fully saturated rings. The Kier molecular flexibility index (Phi) is 6.09. The van der Waals surface area contributed by atoms with E-state index in [-0.39, 0.29) is 11.4 Å². The first-order chi connectivity index (χ1) is 8.42. The maximum atomic E-state index is 12.0. The highest BCUT2D eigenvalue weighted by atomic mass is 16.2. The first-order valence-electron chi connectivity index (χ1n) is 7.12. The highest BCUT2D eigenvalue weighted by Crippen LogP contribution is 2.19. The van der Waals surface area contributed by atoms with Gasteiger partial charge in [0.1, 0.15) is 0 Å². The molecule has 4 heteroatoms. The van der Waals surface area contributed by atoms with E-state index in [9.17, 15) is 4.79 Å². The maximum absolute atomic E-state index is 12.0. The van der Waals surface area contributed by atoms with Crippen LogP contribution in [0.1, 0.15) is 46.5 Å². The van der Waals surface area contributed by atoms with Crippen molar-refractivity contribution >= 4 is 5.91 Å². The van der Waals surface area contributed by atoms with Gasteiger partial charge in [0, 0.05) is 11.6 Å². The lowest BCUT2D eigenvalue weighted by atomic mass is 9.99. The van der Waals surface area contributed by atoms with Gasteiger partial charge in [-0.05, 0) is 60.2 Å². The summed E-state index contributed by atoms with van der Waals surface area (Å²) in [6, 6.07) is 0.567.